The molecule has 0 bridgehead atoms. The molecule has 6 rings (SSSR count). The Hall–Kier alpha value is -2.35. The molecule has 2 saturated carbocycles. The van der Waals surface area contributed by atoms with Gasteiger partial charge < -0.3 is 5.32 Å². The summed E-state index contributed by atoms with van der Waals surface area (Å²) in [5.41, 5.74) is 7.34. The summed E-state index contributed by atoms with van der Waals surface area (Å²) < 4.78 is 0. The Kier molecular flexibility index (Phi) is 3.92. The number of allylic oxidation sites excluding steroid dienone is 1. The lowest BCUT2D eigenvalue weighted by atomic mass is 9.89. The van der Waals surface area contributed by atoms with Crippen LogP contribution in [0.2, 0.25) is 0 Å². The summed E-state index contributed by atoms with van der Waals surface area (Å²) in [5.74, 6) is 2.76. The molecule has 1 heterocycles. The van der Waals surface area contributed by atoms with Crippen LogP contribution in [-0.2, 0) is 12.8 Å². The maximum Gasteiger partial charge on any atom is 0.129 e. The number of amidine groups is 1. The first-order valence-electron chi connectivity index (χ1n) is 11.1. The summed E-state index contributed by atoms with van der Waals surface area (Å²) in [7, 11) is 0. The number of benzene rings is 2. The molecule has 0 aromatic heterocycles. The van der Waals surface area contributed by atoms with Crippen molar-refractivity contribution in [3.63, 3.8) is 0 Å². The maximum absolute atomic E-state index is 5.08. The molecule has 1 N–H and O–H groups in total. The van der Waals surface area contributed by atoms with Gasteiger partial charge in [-0.3, -0.25) is 4.99 Å². The molecule has 2 aromatic carbocycles. The second-order valence-corrected chi connectivity index (χ2v) is 9.02. The summed E-state index contributed by atoms with van der Waals surface area (Å²) in [6.07, 6.45) is 13.5. The van der Waals surface area contributed by atoms with Gasteiger partial charge in [-0.05, 0) is 66.2 Å². The highest BCUT2D eigenvalue weighted by Crippen LogP contribution is 2.53. The van der Waals surface area contributed by atoms with Crippen molar-refractivity contribution in [2.45, 2.75) is 62.9 Å². The van der Waals surface area contributed by atoms with Gasteiger partial charge in [0, 0.05) is 11.6 Å². The average Bonchev–Trinajstić information content (AvgIpc) is 3.42. The van der Waals surface area contributed by atoms with E-state index < -0.39 is 0 Å². The van der Waals surface area contributed by atoms with Crippen LogP contribution in [0.3, 0.4) is 0 Å². The Bertz CT molecular complexity index is 970. The van der Waals surface area contributed by atoms with Crippen LogP contribution in [0.5, 0.6) is 0 Å². The molecule has 0 amide bonds. The fourth-order valence-corrected chi connectivity index (χ4v) is 5.58. The Morgan fingerprint density at radius 3 is 2.75 bits per heavy atom. The Morgan fingerprint density at radius 1 is 0.929 bits per heavy atom. The fourth-order valence-electron chi connectivity index (χ4n) is 5.58. The minimum atomic E-state index is 0.495. The van der Waals surface area contributed by atoms with Gasteiger partial charge in [0.25, 0.3) is 0 Å². The van der Waals surface area contributed by atoms with Crippen LogP contribution in [0.4, 0.5) is 0 Å². The van der Waals surface area contributed by atoms with Gasteiger partial charge >= 0.3 is 0 Å². The number of nitrogens with one attached hydrogen (secondary N) is 1. The third-order valence-corrected chi connectivity index (χ3v) is 7.26. The highest BCUT2D eigenvalue weighted by Gasteiger charge is 2.39. The Morgan fingerprint density at radius 2 is 1.79 bits per heavy atom. The topological polar surface area (TPSA) is 24.4 Å². The van der Waals surface area contributed by atoms with E-state index in [4.69, 9.17) is 4.99 Å². The number of rotatable bonds is 4. The molecule has 28 heavy (non-hydrogen) atoms. The van der Waals surface area contributed by atoms with Gasteiger partial charge in [-0.15, -0.1) is 0 Å². The van der Waals surface area contributed by atoms with E-state index in [0.29, 0.717) is 12.1 Å². The lowest BCUT2D eigenvalue weighted by molar-refractivity contribution is 0.385. The molecule has 1 aliphatic heterocycles. The Balaban J connectivity index is 1.25. The molecule has 2 fully saturated rings. The van der Waals surface area contributed by atoms with Crippen molar-refractivity contribution in [1.82, 2.24) is 5.32 Å². The maximum atomic E-state index is 5.08. The minimum Gasteiger partial charge on any atom is -0.365 e. The summed E-state index contributed by atoms with van der Waals surface area (Å²) in [5, 5.41) is 3.75. The SMILES string of the molecule is C1=CC2CC2c2cccc(CCc3ccccc3C3=N[C@@H]4CCCC[C@H]4N3)c21. The predicted molar refractivity (Wildman–Crippen MR) is 116 cm³/mol. The molecular weight excluding hydrogens is 340 g/mol. The zero-order valence-electron chi connectivity index (χ0n) is 16.4. The number of nitrogens with zero attached hydrogens (tertiary/aromatic N) is 1. The lowest BCUT2D eigenvalue weighted by Gasteiger charge is -2.23. The smallest absolute Gasteiger partial charge is 0.129 e. The van der Waals surface area contributed by atoms with Crippen molar-refractivity contribution in [3.05, 3.63) is 76.4 Å². The number of hydrogen-bond donors (Lipinski definition) is 1. The van der Waals surface area contributed by atoms with Crippen LogP contribution in [0.25, 0.3) is 6.08 Å². The molecule has 4 atom stereocenters. The largest absolute Gasteiger partial charge is 0.365 e. The number of aryl methyl sites for hydroxylation is 2. The van der Waals surface area contributed by atoms with Crippen LogP contribution in [-0.4, -0.2) is 17.9 Å². The standard InChI is InChI=1S/C26H28N2/c1-2-8-21(26-27-24-10-3-4-11-25(24)28-26)18(6-1)13-12-17-7-5-9-22-20(17)15-14-19-16-23(19)22/h1-2,5-9,14-15,19,23-25H,3-4,10-13,16H2,(H,27,28)/t19?,23?,24-,25-/m1/s1. The van der Waals surface area contributed by atoms with Gasteiger partial charge in [0.1, 0.15) is 5.84 Å². The third kappa shape index (κ3) is 2.82. The quantitative estimate of drug-likeness (QED) is 0.782. The van der Waals surface area contributed by atoms with Crippen molar-refractivity contribution in [3.8, 4) is 0 Å². The van der Waals surface area contributed by atoms with Gasteiger partial charge in [-0.1, -0.05) is 67.5 Å². The monoisotopic (exact) mass is 368 g/mol. The summed E-state index contributed by atoms with van der Waals surface area (Å²) in [4.78, 5) is 5.08. The van der Waals surface area contributed by atoms with E-state index in [1.54, 1.807) is 5.56 Å². The van der Waals surface area contributed by atoms with E-state index in [2.05, 4.69) is 59.9 Å². The number of fused-ring (bicyclic) bond motifs is 4. The first-order chi connectivity index (χ1) is 13.9. The van der Waals surface area contributed by atoms with Gasteiger partial charge in [-0.25, -0.2) is 0 Å². The molecule has 2 unspecified atom stereocenters. The van der Waals surface area contributed by atoms with Gasteiger partial charge in [0.15, 0.2) is 0 Å². The van der Waals surface area contributed by atoms with Gasteiger partial charge in [0.05, 0.1) is 6.04 Å². The van der Waals surface area contributed by atoms with E-state index in [1.165, 1.54) is 54.4 Å². The van der Waals surface area contributed by atoms with Crippen molar-refractivity contribution in [2.75, 3.05) is 0 Å². The predicted octanol–water partition coefficient (Wildman–Crippen LogP) is 5.26. The molecule has 2 heteroatoms. The van der Waals surface area contributed by atoms with E-state index in [-0.39, 0.29) is 0 Å². The molecule has 3 aliphatic carbocycles. The van der Waals surface area contributed by atoms with E-state index in [9.17, 15) is 0 Å². The zero-order valence-corrected chi connectivity index (χ0v) is 16.4. The molecule has 2 aromatic rings. The van der Waals surface area contributed by atoms with Crippen molar-refractivity contribution in [2.24, 2.45) is 10.9 Å². The molecule has 0 radical (unpaired) electrons. The van der Waals surface area contributed by atoms with Crippen LogP contribution in [0, 0.1) is 5.92 Å². The van der Waals surface area contributed by atoms with Crippen LogP contribution < -0.4 is 5.32 Å². The van der Waals surface area contributed by atoms with Crippen LogP contribution >= 0.6 is 0 Å². The van der Waals surface area contributed by atoms with Crippen LogP contribution in [0.15, 0.2) is 53.5 Å². The minimum absolute atomic E-state index is 0.495. The van der Waals surface area contributed by atoms with Crippen molar-refractivity contribution < 1.29 is 0 Å². The third-order valence-electron chi connectivity index (χ3n) is 7.26. The zero-order chi connectivity index (χ0) is 18.5. The van der Waals surface area contributed by atoms with Crippen LogP contribution in [0.1, 0.15) is 65.8 Å². The van der Waals surface area contributed by atoms with Gasteiger partial charge in [0.2, 0.25) is 0 Å². The van der Waals surface area contributed by atoms with E-state index in [0.717, 1.165) is 30.5 Å². The highest BCUT2D eigenvalue weighted by atomic mass is 15.1. The molecule has 142 valence electrons. The van der Waals surface area contributed by atoms with E-state index >= 15 is 0 Å². The summed E-state index contributed by atoms with van der Waals surface area (Å²) >= 11 is 0. The number of hydrogen-bond acceptors (Lipinski definition) is 2. The first-order valence-corrected chi connectivity index (χ1v) is 11.1. The summed E-state index contributed by atoms with van der Waals surface area (Å²) in [6.45, 7) is 0. The fraction of sp³-hybridized carbons (Fsp3) is 0.423. The second kappa shape index (κ2) is 6.62. The molecular formula is C26H28N2. The molecule has 0 spiro atoms. The van der Waals surface area contributed by atoms with Gasteiger partial charge in [-0.2, -0.15) is 0 Å². The highest BCUT2D eigenvalue weighted by molar-refractivity contribution is 6.01. The average molecular weight is 369 g/mol. The normalized spacial score (nSPS) is 29.4. The summed E-state index contributed by atoms with van der Waals surface area (Å²) in [6, 6.07) is 16.9. The Labute approximate surface area is 167 Å². The second-order valence-electron chi connectivity index (χ2n) is 9.02. The molecule has 2 nitrogen and oxygen atoms in total. The molecule has 4 aliphatic rings. The van der Waals surface area contributed by atoms with Crippen molar-refractivity contribution >= 4 is 11.9 Å². The van der Waals surface area contributed by atoms with E-state index in [1.807, 2.05) is 0 Å². The number of aliphatic imine (C=N–C) groups is 1. The molecule has 0 saturated heterocycles. The van der Waals surface area contributed by atoms with Crippen molar-refractivity contribution in [1.29, 1.82) is 0 Å². The lowest BCUT2D eigenvalue weighted by Crippen LogP contribution is -2.37. The first kappa shape index (κ1) is 16.6.